The number of rotatable bonds is 6. The molecule has 2 heterocycles. The molecule has 144 valence electrons. The Kier molecular flexibility index (Phi) is 6.29. The minimum atomic E-state index is -0.549. The van der Waals surface area contributed by atoms with Crippen molar-refractivity contribution in [1.82, 2.24) is 15.2 Å². The molecule has 0 radical (unpaired) electrons. The van der Waals surface area contributed by atoms with Gasteiger partial charge in [-0.3, -0.25) is 4.79 Å². The molecular weight excluding hydrogens is 340 g/mol. The number of benzene rings is 1. The Bertz CT molecular complexity index is 755. The number of amides is 1. The molecule has 1 aliphatic heterocycles. The van der Waals surface area contributed by atoms with Gasteiger partial charge in [0.2, 0.25) is 0 Å². The van der Waals surface area contributed by atoms with Crippen LogP contribution < -0.4 is 15.0 Å². The lowest BCUT2D eigenvalue weighted by Crippen LogP contribution is -2.44. The first kappa shape index (κ1) is 19.2. The highest BCUT2D eigenvalue weighted by Crippen LogP contribution is 2.15. The second kappa shape index (κ2) is 8.86. The van der Waals surface area contributed by atoms with Crippen LogP contribution in [0.15, 0.2) is 42.6 Å². The highest BCUT2D eigenvalue weighted by molar-refractivity contribution is 5.80. The predicted octanol–water partition coefficient (Wildman–Crippen LogP) is 2.23. The van der Waals surface area contributed by atoms with Crippen LogP contribution in [0, 0.1) is 6.92 Å². The van der Waals surface area contributed by atoms with Crippen molar-refractivity contribution in [2.45, 2.75) is 26.5 Å². The van der Waals surface area contributed by atoms with E-state index in [-0.39, 0.29) is 5.91 Å². The molecule has 1 amide bonds. The van der Waals surface area contributed by atoms with E-state index in [0.29, 0.717) is 12.3 Å². The summed E-state index contributed by atoms with van der Waals surface area (Å²) in [5, 5.41) is 2.95. The average Bonchev–Trinajstić information content (AvgIpc) is 2.68. The van der Waals surface area contributed by atoms with E-state index in [4.69, 9.17) is 4.74 Å². The van der Waals surface area contributed by atoms with Gasteiger partial charge in [-0.2, -0.15) is 0 Å². The zero-order valence-electron chi connectivity index (χ0n) is 16.3. The Morgan fingerprint density at radius 3 is 2.59 bits per heavy atom. The molecule has 1 aromatic carbocycles. The summed E-state index contributed by atoms with van der Waals surface area (Å²) in [6.07, 6.45) is 1.26. The number of nitrogens with one attached hydrogen (secondary N) is 1. The minimum Gasteiger partial charge on any atom is -0.481 e. The van der Waals surface area contributed by atoms with Crippen LogP contribution in [0.3, 0.4) is 0 Å². The molecule has 1 saturated heterocycles. The van der Waals surface area contributed by atoms with E-state index in [0.717, 1.165) is 43.1 Å². The van der Waals surface area contributed by atoms with Crippen molar-refractivity contribution in [2.75, 3.05) is 38.1 Å². The van der Waals surface area contributed by atoms with E-state index < -0.39 is 6.10 Å². The number of likely N-dealkylation sites (N-methyl/N-ethyl adjacent to an activating group) is 1. The Morgan fingerprint density at radius 2 is 1.89 bits per heavy atom. The second-order valence-electron chi connectivity index (χ2n) is 7.10. The number of carbonyl (C=O) groups excluding carboxylic acids is 1. The number of pyridine rings is 1. The molecule has 3 rings (SSSR count). The quantitative estimate of drug-likeness (QED) is 0.847. The van der Waals surface area contributed by atoms with Gasteiger partial charge in [-0.25, -0.2) is 4.98 Å². The molecule has 1 aromatic heterocycles. The summed E-state index contributed by atoms with van der Waals surface area (Å²) in [4.78, 5) is 21.4. The van der Waals surface area contributed by atoms with Crippen LogP contribution in [0.1, 0.15) is 18.1 Å². The number of hydrogen-bond acceptors (Lipinski definition) is 5. The summed E-state index contributed by atoms with van der Waals surface area (Å²) >= 11 is 0. The normalized spacial score (nSPS) is 16.0. The summed E-state index contributed by atoms with van der Waals surface area (Å²) in [5.41, 5.74) is 2.20. The Labute approximate surface area is 161 Å². The van der Waals surface area contributed by atoms with Gasteiger partial charge in [0.1, 0.15) is 11.6 Å². The van der Waals surface area contributed by atoms with Gasteiger partial charge in [-0.1, -0.05) is 17.7 Å². The molecule has 0 saturated carbocycles. The first-order chi connectivity index (χ1) is 13.0. The van der Waals surface area contributed by atoms with Crippen LogP contribution in [0.2, 0.25) is 0 Å². The molecule has 1 fully saturated rings. The van der Waals surface area contributed by atoms with Crippen molar-refractivity contribution in [1.29, 1.82) is 0 Å². The molecule has 0 spiro atoms. The largest absolute Gasteiger partial charge is 0.481 e. The first-order valence-corrected chi connectivity index (χ1v) is 9.41. The van der Waals surface area contributed by atoms with E-state index >= 15 is 0 Å². The smallest absolute Gasteiger partial charge is 0.261 e. The average molecular weight is 368 g/mol. The lowest BCUT2D eigenvalue weighted by molar-refractivity contribution is -0.127. The minimum absolute atomic E-state index is 0.131. The second-order valence-corrected chi connectivity index (χ2v) is 7.10. The molecular formula is C21H28N4O2. The number of ether oxygens (including phenoxy) is 1. The molecule has 1 aliphatic rings. The van der Waals surface area contributed by atoms with Crippen molar-refractivity contribution in [2.24, 2.45) is 0 Å². The topological polar surface area (TPSA) is 57.7 Å². The lowest BCUT2D eigenvalue weighted by atomic mass is 10.2. The number of carbonyl (C=O) groups is 1. The van der Waals surface area contributed by atoms with Gasteiger partial charge < -0.3 is 19.9 Å². The van der Waals surface area contributed by atoms with Crippen LogP contribution in [0.4, 0.5) is 5.82 Å². The molecule has 2 aromatic rings. The highest BCUT2D eigenvalue weighted by atomic mass is 16.5. The van der Waals surface area contributed by atoms with Crippen molar-refractivity contribution < 1.29 is 9.53 Å². The van der Waals surface area contributed by atoms with Crippen LogP contribution in [-0.4, -0.2) is 55.1 Å². The number of aromatic nitrogens is 1. The fourth-order valence-corrected chi connectivity index (χ4v) is 2.99. The number of nitrogens with zero attached hydrogens (tertiary/aromatic N) is 3. The molecule has 0 bridgehead atoms. The van der Waals surface area contributed by atoms with Crippen molar-refractivity contribution >= 4 is 11.7 Å². The zero-order valence-corrected chi connectivity index (χ0v) is 16.3. The van der Waals surface area contributed by atoms with Gasteiger partial charge in [0, 0.05) is 38.9 Å². The maximum absolute atomic E-state index is 12.3. The van der Waals surface area contributed by atoms with E-state index in [1.165, 1.54) is 0 Å². The van der Waals surface area contributed by atoms with Crippen LogP contribution in [-0.2, 0) is 11.3 Å². The van der Waals surface area contributed by atoms with Gasteiger partial charge >= 0.3 is 0 Å². The van der Waals surface area contributed by atoms with E-state index in [9.17, 15) is 4.79 Å². The summed E-state index contributed by atoms with van der Waals surface area (Å²) in [6.45, 7) is 8.26. The number of hydrogen-bond donors (Lipinski definition) is 1. The summed E-state index contributed by atoms with van der Waals surface area (Å²) in [5.74, 6) is 1.54. The molecule has 1 atom stereocenters. The Hall–Kier alpha value is -2.60. The van der Waals surface area contributed by atoms with Gasteiger partial charge in [-0.15, -0.1) is 0 Å². The summed E-state index contributed by atoms with van der Waals surface area (Å²) in [6, 6.07) is 11.7. The molecule has 1 unspecified atom stereocenters. The monoisotopic (exact) mass is 368 g/mol. The highest BCUT2D eigenvalue weighted by Gasteiger charge is 2.17. The fourth-order valence-electron chi connectivity index (χ4n) is 2.99. The number of aryl methyl sites for hydroxylation is 1. The van der Waals surface area contributed by atoms with E-state index in [1.54, 1.807) is 13.1 Å². The summed E-state index contributed by atoms with van der Waals surface area (Å²) in [7, 11) is 2.14. The maximum atomic E-state index is 12.3. The lowest BCUT2D eigenvalue weighted by Gasteiger charge is -2.33. The van der Waals surface area contributed by atoms with Crippen LogP contribution in [0.5, 0.6) is 5.75 Å². The third kappa shape index (κ3) is 5.44. The van der Waals surface area contributed by atoms with Gasteiger partial charge in [0.25, 0.3) is 5.91 Å². The van der Waals surface area contributed by atoms with Crippen molar-refractivity contribution in [3.63, 3.8) is 0 Å². The van der Waals surface area contributed by atoms with Crippen LogP contribution in [0.25, 0.3) is 0 Å². The zero-order chi connectivity index (χ0) is 19.2. The van der Waals surface area contributed by atoms with Gasteiger partial charge in [0.15, 0.2) is 6.10 Å². The summed E-state index contributed by atoms with van der Waals surface area (Å²) < 4.78 is 5.71. The molecule has 6 nitrogen and oxygen atoms in total. The fraction of sp³-hybridized carbons (Fsp3) is 0.429. The molecule has 0 aliphatic carbocycles. The Morgan fingerprint density at radius 1 is 1.19 bits per heavy atom. The van der Waals surface area contributed by atoms with E-state index in [1.807, 2.05) is 37.3 Å². The van der Waals surface area contributed by atoms with Gasteiger partial charge in [0.05, 0.1) is 0 Å². The maximum Gasteiger partial charge on any atom is 0.261 e. The molecule has 27 heavy (non-hydrogen) atoms. The standard InChI is InChI=1S/C21H28N4O2/c1-16-4-6-19(7-5-16)27-17(2)21(26)23-15-18-8-9-22-20(14-18)25-12-10-24(3)11-13-25/h4-9,14,17H,10-13,15H2,1-3H3,(H,23,26). The first-order valence-electron chi connectivity index (χ1n) is 9.41. The Balaban J connectivity index is 1.52. The predicted molar refractivity (Wildman–Crippen MR) is 107 cm³/mol. The number of piperazine rings is 1. The van der Waals surface area contributed by atoms with Gasteiger partial charge in [-0.05, 0) is 50.7 Å². The van der Waals surface area contributed by atoms with Crippen molar-refractivity contribution in [3.05, 3.63) is 53.7 Å². The number of anilines is 1. The third-order valence-electron chi connectivity index (χ3n) is 4.81. The third-order valence-corrected chi connectivity index (χ3v) is 4.81. The molecule has 1 N–H and O–H groups in total. The van der Waals surface area contributed by atoms with Crippen LogP contribution >= 0.6 is 0 Å². The van der Waals surface area contributed by atoms with E-state index in [2.05, 4.69) is 33.2 Å². The molecule has 6 heteroatoms. The SMILES string of the molecule is Cc1ccc(OC(C)C(=O)NCc2ccnc(N3CCN(C)CC3)c2)cc1. The van der Waals surface area contributed by atoms with Crippen molar-refractivity contribution in [3.8, 4) is 5.75 Å².